The van der Waals surface area contributed by atoms with Gasteiger partial charge >= 0.3 is 0 Å². The minimum atomic E-state index is 0.300. The lowest BCUT2D eigenvalue weighted by Crippen LogP contribution is -2.55. The molecule has 118 valence electrons. The van der Waals surface area contributed by atoms with Crippen LogP contribution in [0.1, 0.15) is 37.7 Å². The van der Waals surface area contributed by atoms with E-state index in [2.05, 4.69) is 21.1 Å². The first-order valence-electron chi connectivity index (χ1n) is 8.33. The molecule has 0 amide bonds. The van der Waals surface area contributed by atoms with E-state index in [1.807, 2.05) is 17.9 Å². The summed E-state index contributed by atoms with van der Waals surface area (Å²) in [5, 5.41) is 13.7. The van der Waals surface area contributed by atoms with Gasteiger partial charge in [0.25, 0.3) is 0 Å². The van der Waals surface area contributed by atoms with Crippen LogP contribution in [0.3, 0.4) is 0 Å². The third-order valence-corrected chi connectivity index (χ3v) is 5.03. The SMILES string of the molecule is Cn1cc(CN2CCN(C3CCCC3)[C@H](CCO)C2)cn1. The van der Waals surface area contributed by atoms with Crippen molar-refractivity contribution < 1.29 is 5.11 Å². The van der Waals surface area contributed by atoms with Gasteiger partial charge in [-0.05, 0) is 19.3 Å². The van der Waals surface area contributed by atoms with Gasteiger partial charge in [0.15, 0.2) is 0 Å². The fourth-order valence-corrected chi connectivity index (χ4v) is 4.01. The van der Waals surface area contributed by atoms with Crippen LogP contribution in [-0.2, 0) is 13.6 Å². The first kappa shape index (κ1) is 15.0. The van der Waals surface area contributed by atoms with E-state index in [1.165, 1.54) is 31.2 Å². The highest BCUT2D eigenvalue weighted by atomic mass is 16.3. The number of aromatic nitrogens is 2. The summed E-state index contributed by atoms with van der Waals surface area (Å²) in [4.78, 5) is 5.20. The molecule has 1 saturated heterocycles. The lowest BCUT2D eigenvalue weighted by Gasteiger charge is -2.44. The lowest BCUT2D eigenvalue weighted by atomic mass is 10.0. The Bertz CT molecular complexity index is 441. The van der Waals surface area contributed by atoms with Gasteiger partial charge < -0.3 is 5.11 Å². The summed E-state index contributed by atoms with van der Waals surface area (Å²) in [6.07, 6.45) is 10.4. The maximum atomic E-state index is 9.40. The topological polar surface area (TPSA) is 44.5 Å². The van der Waals surface area contributed by atoms with Gasteiger partial charge in [-0.3, -0.25) is 14.5 Å². The van der Waals surface area contributed by atoms with Gasteiger partial charge in [0, 0.05) is 63.7 Å². The highest BCUT2D eigenvalue weighted by Crippen LogP contribution is 2.28. The maximum Gasteiger partial charge on any atom is 0.0534 e. The van der Waals surface area contributed by atoms with E-state index >= 15 is 0 Å². The van der Waals surface area contributed by atoms with Crippen LogP contribution >= 0.6 is 0 Å². The molecular formula is C16H28N4O. The molecule has 2 fully saturated rings. The molecule has 2 heterocycles. The number of nitrogens with zero attached hydrogens (tertiary/aromatic N) is 4. The summed E-state index contributed by atoms with van der Waals surface area (Å²) < 4.78 is 1.87. The third-order valence-electron chi connectivity index (χ3n) is 5.03. The summed E-state index contributed by atoms with van der Waals surface area (Å²) in [7, 11) is 1.97. The van der Waals surface area contributed by atoms with Crippen LogP contribution in [0.15, 0.2) is 12.4 Å². The van der Waals surface area contributed by atoms with E-state index in [0.29, 0.717) is 12.6 Å². The maximum absolute atomic E-state index is 9.40. The number of hydrogen-bond acceptors (Lipinski definition) is 4. The lowest BCUT2D eigenvalue weighted by molar-refractivity contribution is 0.0267. The Hall–Kier alpha value is -0.910. The Morgan fingerprint density at radius 2 is 2.10 bits per heavy atom. The number of aryl methyl sites for hydroxylation is 1. The largest absolute Gasteiger partial charge is 0.396 e. The highest BCUT2D eigenvalue weighted by molar-refractivity contribution is 5.04. The molecule has 1 atom stereocenters. The Morgan fingerprint density at radius 1 is 1.29 bits per heavy atom. The molecule has 0 spiro atoms. The van der Waals surface area contributed by atoms with Crippen molar-refractivity contribution in [3.63, 3.8) is 0 Å². The minimum absolute atomic E-state index is 0.300. The van der Waals surface area contributed by atoms with Crippen LogP contribution in [0.4, 0.5) is 0 Å². The van der Waals surface area contributed by atoms with Crippen molar-refractivity contribution in [1.82, 2.24) is 19.6 Å². The Balaban J connectivity index is 1.60. The van der Waals surface area contributed by atoms with Gasteiger partial charge in [0.05, 0.1) is 6.20 Å². The molecule has 5 nitrogen and oxygen atoms in total. The van der Waals surface area contributed by atoms with Crippen molar-refractivity contribution in [3.05, 3.63) is 18.0 Å². The van der Waals surface area contributed by atoms with Crippen LogP contribution < -0.4 is 0 Å². The summed E-state index contributed by atoms with van der Waals surface area (Å²) in [5.41, 5.74) is 1.29. The zero-order valence-corrected chi connectivity index (χ0v) is 13.1. The van der Waals surface area contributed by atoms with Gasteiger partial charge in [-0.15, -0.1) is 0 Å². The predicted octanol–water partition coefficient (Wildman–Crippen LogP) is 1.23. The number of aliphatic hydroxyl groups is 1. The summed E-state index contributed by atoms with van der Waals surface area (Å²) in [6, 6.07) is 1.28. The van der Waals surface area contributed by atoms with Crippen molar-refractivity contribution in [2.45, 2.75) is 50.7 Å². The first-order valence-corrected chi connectivity index (χ1v) is 8.33. The van der Waals surface area contributed by atoms with E-state index < -0.39 is 0 Å². The van der Waals surface area contributed by atoms with Crippen LogP contribution in [0, 0.1) is 0 Å². The van der Waals surface area contributed by atoms with E-state index in [-0.39, 0.29) is 0 Å². The number of aliphatic hydroxyl groups excluding tert-OH is 1. The summed E-state index contributed by atoms with van der Waals surface area (Å²) in [5.74, 6) is 0. The molecule has 0 unspecified atom stereocenters. The van der Waals surface area contributed by atoms with Crippen LogP contribution in [0.25, 0.3) is 0 Å². The van der Waals surface area contributed by atoms with Crippen molar-refractivity contribution in [3.8, 4) is 0 Å². The molecule has 1 aliphatic carbocycles. The first-order chi connectivity index (χ1) is 10.3. The molecule has 5 heteroatoms. The van der Waals surface area contributed by atoms with Crippen molar-refractivity contribution in [2.24, 2.45) is 7.05 Å². The van der Waals surface area contributed by atoms with Crippen molar-refractivity contribution >= 4 is 0 Å². The van der Waals surface area contributed by atoms with Gasteiger partial charge in [-0.2, -0.15) is 5.10 Å². The van der Waals surface area contributed by atoms with Crippen LogP contribution in [0.5, 0.6) is 0 Å². The van der Waals surface area contributed by atoms with Crippen molar-refractivity contribution in [1.29, 1.82) is 0 Å². The average Bonchev–Trinajstić information content (AvgIpc) is 3.12. The Morgan fingerprint density at radius 3 is 2.76 bits per heavy atom. The normalized spacial score (nSPS) is 25.7. The second-order valence-corrected chi connectivity index (χ2v) is 6.60. The molecule has 0 radical (unpaired) electrons. The fraction of sp³-hybridized carbons (Fsp3) is 0.812. The smallest absolute Gasteiger partial charge is 0.0534 e. The molecule has 0 bridgehead atoms. The monoisotopic (exact) mass is 292 g/mol. The number of rotatable bonds is 5. The van der Waals surface area contributed by atoms with Crippen LogP contribution in [0.2, 0.25) is 0 Å². The minimum Gasteiger partial charge on any atom is -0.396 e. The molecule has 21 heavy (non-hydrogen) atoms. The van der Waals surface area contributed by atoms with Gasteiger partial charge in [-0.1, -0.05) is 12.8 Å². The molecule has 1 aromatic heterocycles. The van der Waals surface area contributed by atoms with E-state index in [9.17, 15) is 5.11 Å². The van der Waals surface area contributed by atoms with Gasteiger partial charge in [0.1, 0.15) is 0 Å². The molecular weight excluding hydrogens is 264 g/mol. The van der Waals surface area contributed by atoms with E-state index in [1.54, 1.807) is 0 Å². The number of piperazine rings is 1. The summed E-state index contributed by atoms with van der Waals surface area (Å²) >= 11 is 0. The zero-order chi connectivity index (χ0) is 14.7. The van der Waals surface area contributed by atoms with Crippen LogP contribution in [-0.4, -0.2) is 63.0 Å². The fourth-order valence-electron chi connectivity index (χ4n) is 4.01. The number of hydrogen-bond donors (Lipinski definition) is 1. The average molecular weight is 292 g/mol. The molecule has 1 aromatic rings. The highest BCUT2D eigenvalue weighted by Gasteiger charge is 2.32. The predicted molar refractivity (Wildman–Crippen MR) is 82.9 cm³/mol. The van der Waals surface area contributed by atoms with Gasteiger partial charge in [0.2, 0.25) is 0 Å². The molecule has 1 saturated carbocycles. The molecule has 0 aromatic carbocycles. The van der Waals surface area contributed by atoms with E-state index in [4.69, 9.17) is 0 Å². The second-order valence-electron chi connectivity index (χ2n) is 6.60. The summed E-state index contributed by atoms with van der Waals surface area (Å²) in [6.45, 7) is 4.64. The third kappa shape index (κ3) is 3.65. The Kier molecular flexibility index (Phi) is 4.93. The quantitative estimate of drug-likeness (QED) is 0.886. The van der Waals surface area contributed by atoms with E-state index in [0.717, 1.165) is 38.6 Å². The molecule has 1 aliphatic heterocycles. The molecule has 2 aliphatic rings. The van der Waals surface area contributed by atoms with Crippen molar-refractivity contribution in [2.75, 3.05) is 26.2 Å². The molecule has 3 rings (SSSR count). The zero-order valence-electron chi connectivity index (χ0n) is 13.1. The second kappa shape index (κ2) is 6.90. The standard InChI is InChI=1S/C16H28N4O/c1-18-11-14(10-17-18)12-19-7-8-20(15-4-2-3-5-15)16(13-19)6-9-21/h10-11,15-16,21H,2-9,12-13H2,1H3/t16-/m1/s1. The van der Waals surface area contributed by atoms with Gasteiger partial charge in [-0.25, -0.2) is 0 Å². The molecule has 1 N–H and O–H groups in total. The Labute approximate surface area is 127 Å².